The topological polar surface area (TPSA) is 46.6 Å². The van der Waals surface area contributed by atoms with Crippen LogP contribution < -0.4 is 0 Å². The molecule has 1 fully saturated rings. The molecule has 0 unspecified atom stereocenters. The van der Waals surface area contributed by atoms with Gasteiger partial charge in [0.2, 0.25) is 0 Å². The molecule has 1 aliphatic rings. The Morgan fingerprint density at radius 1 is 1.53 bits per heavy atom. The molecular weight excluding hydrogens is 218 g/mol. The van der Waals surface area contributed by atoms with Gasteiger partial charge in [-0.3, -0.25) is 4.79 Å². The van der Waals surface area contributed by atoms with Crippen molar-refractivity contribution in [1.82, 2.24) is 4.90 Å². The van der Waals surface area contributed by atoms with E-state index in [2.05, 4.69) is 6.58 Å². The summed E-state index contributed by atoms with van der Waals surface area (Å²) in [6, 6.07) is -0.302. The summed E-state index contributed by atoms with van der Waals surface area (Å²) in [6.45, 7) is 10.7. The molecule has 0 aromatic heterocycles. The highest BCUT2D eigenvalue weighted by Crippen LogP contribution is 2.26. The van der Waals surface area contributed by atoms with E-state index in [1.165, 1.54) is 0 Å². The third-order valence-corrected chi connectivity index (χ3v) is 2.46. The van der Waals surface area contributed by atoms with Crippen LogP contribution in [0.1, 0.15) is 34.1 Å². The van der Waals surface area contributed by atoms with Crippen LogP contribution in [-0.2, 0) is 9.53 Å². The molecule has 0 bridgehead atoms. The van der Waals surface area contributed by atoms with Gasteiger partial charge < -0.3 is 4.74 Å². The standard InChI is InChI=1S/C13H19NO3/c1-6-9-8-10(7-2)14(11(9)15)12(16)17-13(3,4)5/h6-7,10H,2,8H2,1,3-5H3/b9-6-/t10-/m0/s1. The summed E-state index contributed by atoms with van der Waals surface area (Å²) in [5.41, 5.74) is 0.0163. The molecule has 1 aliphatic heterocycles. The summed E-state index contributed by atoms with van der Waals surface area (Å²) in [6.07, 6.45) is 3.23. The van der Waals surface area contributed by atoms with E-state index in [4.69, 9.17) is 4.74 Å². The van der Waals surface area contributed by atoms with Gasteiger partial charge in [0, 0.05) is 12.0 Å². The Labute approximate surface area is 102 Å². The maximum Gasteiger partial charge on any atom is 0.417 e. The van der Waals surface area contributed by atoms with Gasteiger partial charge >= 0.3 is 6.09 Å². The molecule has 0 aliphatic carbocycles. The van der Waals surface area contributed by atoms with Crippen LogP contribution in [0.2, 0.25) is 0 Å². The van der Waals surface area contributed by atoms with Crippen LogP contribution in [-0.4, -0.2) is 28.5 Å². The molecule has 0 radical (unpaired) electrons. The highest BCUT2D eigenvalue weighted by molar-refractivity contribution is 6.05. The largest absolute Gasteiger partial charge is 0.443 e. The van der Waals surface area contributed by atoms with Gasteiger partial charge in [0.1, 0.15) is 5.60 Å². The number of allylic oxidation sites excluding steroid dienone is 1. The number of hydrogen-bond donors (Lipinski definition) is 0. The second-order valence-electron chi connectivity index (χ2n) is 4.98. The Hall–Kier alpha value is -1.58. The number of rotatable bonds is 1. The summed E-state index contributed by atoms with van der Waals surface area (Å²) < 4.78 is 5.21. The molecule has 17 heavy (non-hydrogen) atoms. The predicted molar refractivity (Wildman–Crippen MR) is 65.4 cm³/mol. The molecule has 0 aromatic carbocycles. The highest BCUT2D eigenvalue weighted by Gasteiger charge is 2.39. The number of carbonyl (C=O) groups is 2. The summed E-state index contributed by atoms with van der Waals surface area (Å²) in [5, 5.41) is 0. The van der Waals surface area contributed by atoms with Gasteiger partial charge in [-0.15, -0.1) is 6.58 Å². The van der Waals surface area contributed by atoms with E-state index in [9.17, 15) is 9.59 Å². The zero-order chi connectivity index (χ0) is 13.2. The third kappa shape index (κ3) is 2.96. The SMILES string of the molecule is C=C[C@H]1C/C(=C/C)C(=O)N1C(=O)OC(C)(C)C. The molecule has 1 saturated heterocycles. The fourth-order valence-corrected chi connectivity index (χ4v) is 1.67. The van der Waals surface area contributed by atoms with Crippen LogP contribution in [0, 0.1) is 0 Å². The Bertz CT molecular complexity index is 377. The first kappa shape index (κ1) is 13.5. The Morgan fingerprint density at radius 3 is 2.53 bits per heavy atom. The highest BCUT2D eigenvalue weighted by atomic mass is 16.6. The first-order valence-corrected chi connectivity index (χ1v) is 5.64. The number of ether oxygens (including phenoxy) is 1. The van der Waals surface area contributed by atoms with E-state index < -0.39 is 11.7 Å². The van der Waals surface area contributed by atoms with Gasteiger partial charge in [0.05, 0.1) is 6.04 Å². The maximum atomic E-state index is 11.9. The lowest BCUT2D eigenvalue weighted by Gasteiger charge is -2.25. The molecule has 0 spiro atoms. The van der Waals surface area contributed by atoms with Gasteiger partial charge in [-0.2, -0.15) is 0 Å². The van der Waals surface area contributed by atoms with E-state index in [1.54, 1.807) is 39.8 Å². The van der Waals surface area contributed by atoms with Crippen molar-refractivity contribution in [3.8, 4) is 0 Å². The van der Waals surface area contributed by atoms with Crippen LogP contribution >= 0.6 is 0 Å². The molecule has 0 aromatic rings. The van der Waals surface area contributed by atoms with Crippen molar-refractivity contribution in [1.29, 1.82) is 0 Å². The van der Waals surface area contributed by atoms with Gasteiger partial charge in [-0.25, -0.2) is 9.69 Å². The Morgan fingerprint density at radius 2 is 2.12 bits per heavy atom. The van der Waals surface area contributed by atoms with Crippen molar-refractivity contribution in [2.24, 2.45) is 0 Å². The number of nitrogens with zero attached hydrogens (tertiary/aromatic N) is 1. The monoisotopic (exact) mass is 237 g/mol. The molecule has 1 rings (SSSR count). The van der Waals surface area contributed by atoms with Gasteiger partial charge in [-0.1, -0.05) is 12.2 Å². The molecule has 4 nitrogen and oxygen atoms in total. The summed E-state index contributed by atoms with van der Waals surface area (Å²) in [5.74, 6) is -0.286. The average Bonchev–Trinajstić information content (AvgIpc) is 2.52. The molecule has 94 valence electrons. The van der Waals surface area contributed by atoms with E-state index in [0.29, 0.717) is 12.0 Å². The van der Waals surface area contributed by atoms with E-state index in [-0.39, 0.29) is 11.9 Å². The van der Waals surface area contributed by atoms with Crippen LogP contribution in [0.4, 0.5) is 4.79 Å². The van der Waals surface area contributed by atoms with Crippen molar-refractivity contribution in [3.05, 3.63) is 24.3 Å². The van der Waals surface area contributed by atoms with Gasteiger partial charge in [0.15, 0.2) is 0 Å². The lowest BCUT2D eigenvalue weighted by molar-refractivity contribution is -0.124. The molecular formula is C13H19NO3. The molecule has 0 saturated carbocycles. The lowest BCUT2D eigenvalue weighted by Crippen LogP contribution is -2.41. The zero-order valence-corrected chi connectivity index (χ0v) is 10.8. The van der Waals surface area contributed by atoms with Crippen LogP contribution in [0.3, 0.4) is 0 Å². The van der Waals surface area contributed by atoms with Crippen LogP contribution in [0.5, 0.6) is 0 Å². The van der Waals surface area contributed by atoms with Crippen LogP contribution in [0.15, 0.2) is 24.3 Å². The summed E-state index contributed by atoms with van der Waals surface area (Å²) in [7, 11) is 0. The number of likely N-dealkylation sites (tertiary alicyclic amines) is 1. The minimum absolute atomic E-state index is 0.286. The van der Waals surface area contributed by atoms with Crippen molar-refractivity contribution in [3.63, 3.8) is 0 Å². The summed E-state index contributed by atoms with van der Waals surface area (Å²) in [4.78, 5) is 25.0. The summed E-state index contributed by atoms with van der Waals surface area (Å²) >= 11 is 0. The maximum absolute atomic E-state index is 11.9. The fourth-order valence-electron chi connectivity index (χ4n) is 1.67. The fraction of sp³-hybridized carbons (Fsp3) is 0.538. The Kier molecular flexibility index (Phi) is 3.76. The first-order valence-electron chi connectivity index (χ1n) is 5.64. The minimum atomic E-state index is -0.609. The van der Waals surface area contributed by atoms with E-state index >= 15 is 0 Å². The van der Waals surface area contributed by atoms with Gasteiger partial charge in [-0.05, 0) is 27.7 Å². The number of amides is 2. The number of hydrogen-bond acceptors (Lipinski definition) is 3. The van der Waals surface area contributed by atoms with Crippen LogP contribution in [0.25, 0.3) is 0 Å². The molecule has 0 N–H and O–H groups in total. The minimum Gasteiger partial charge on any atom is -0.443 e. The normalized spacial score (nSPS) is 23.1. The second-order valence-corrected chi connectivity index (χ2v) is 4.98. The first-order chi connectivity index (χ1) is 7.80. The lowest BCUT2D eigenvalue weighted by atomic mass is 10.1. The van der Waals surface area contributed by atoms with Gasteiger partial charge in [0.25, 0.3) is 5.91 Å². The van der Waals surface area contributed by atoms with Crippen molar-refractivity contribution in [2.75, 3.05) is 0 Å². The molecule has 4 heteroatoms. The molecule has 1 atom stereocenters. The van der Waals surface area contributed by atoms with E-state index in [0.717, 1.165) is 4.90 Å². The molecule has 2 amide bonds. The number of carbonyl (C=O) groups excluding carboxylic acids is 2. The van der Waals surface area contributed by atoms with Crippen molar-refractivity contribution >= 4 is 12.0 Å². The molecule has 1 heterocycles. The number of imide groups is 1. The zero-order valence-electron chi connectivity index (χ0n) is 10.8. The van der Waals surface area contributed by atoms with E-state index in [1.807, 2.05) is 0 Å². The van der Waals surface area contributed by atoms with Crippen molar-refractivity contribution < 1.29 is 14.3 Å². The van der Waals surface area contributed by atoms with Crippen molar-refractivity contribution in [2.45, 2.75) is 45.8 Å². The second kappa shape index (κ2) is 4.73. The Balaban J connectivity index is 2.91. The quantitative estimate of drug-likeness (QED) is 0.520. The smallest absolute Gasteiger partial charge is 0.417 e. The third-order valence-electron chi connectivity index (χ3n) is 2.46. The average molecular weight is 237 g/mol. The predicted octanol–water partition coefficient (Wildman–Crippen LogP) is 2.65.